The summed E-state index contributed by atoms with van der Waals surface area (Å²) in [4.78, 5) is 39.0. The Kier molecular flexibility index (Phi) is 9.97. The van der Waals surface area contributed by atoms with Gasteiger partial charge >= 0.3 is 6.09 Å². The number of aliphatic hydroxyl groups is 1. The van der Waals surface area contributed by atoms with Crippen molar-refractivity contribution in [1.29, 1.82) is 0 Å². The Morgan fingerprint density at radius 2 is 1.94 bits per heavy atom. The van der Waals surface area contributed by atoms with E-state index in [2.05, 4.69) is 10.6 Å². The molecule has 178 valence electrons. The quantitative estimate of drug-likeness (QED) is 0.482. The Balaban J connectivity index is 1.98. The van der Waals surface area contributed by atoms with Crippen LogP contribution in [-0.2, 0) is 20.7 Å². The van der Waals surface area contributed by atoms with E-state index < -0.39 is 18.2 Å². The van der Waals surface area contributed by atoms with Crippen molar-refractivity contribution in [1.82, 2.24) is 15.5 Å². The van der Waals surface area contributed by atoms with Gasteiger partial charge in [0.25, 0.3) is 0 Å². The molecule has 0 radical (unpaired) electrons. The molecule has 1 heterocycles. The molecule has 1 aromatic carbocycles. The van der Waals surface area contributed by atoms with Gasteiger partial charge in [0.2, 0.25) is 11.8 Å². The summed E-state index contributed by atoms with van der Waals surface area (Å²) >= 11 is 0. The van der Waals surface area contributed by atoms with Crippen LogP contribution in [0.15, 0.2) is 30.3 Å². The zero-order valence-electron chi connectivity index (χ0n) is 19.5. The van der Waals surface area contributed by atoms with Crippen molar-refractivity contribution in [3.8, 4) is 0 Å². The number of ether oxygens (including phenoxy) is 1. The van der Waals surface area contributed by atoms with E-state index in [1.165, 1.54) is 4.90 Å². The molecule has 1 aliphatic rings. The van der Waals surface area contributed by atoms with Crippen LogP contribution < -0.4 is 10.6 Å². The van der Waals surface area contributed by atoms with Crippen LogP contribution >= 0.6 is 0 Å². The molecule has 0 spiro atoms. The second kappa shape index (κ2) is 12.4. The maximum absolute atomic E-state index is 13.1. The second-order valence-corrected chi connectivity index (χ2v) is 9.04. The highest BCUT2D eigenvalue weighted by Crippen LogP contribution is 2.18. The van der Waals surface area contributed by atoms with E-state index in [1.807, 2.05) is 51.1 Å². The number of rotatable bonds is 11. The number of aliphatic hydroxyl groups excluding tert-OH is 1. The van der Waals surface area contributed by atoms with E-state index in [0.29, 0.717) is 32.2 Å². The third-order valence-corrected chi connectivity index (χ3v) is 5.72. The summed E-state index contributed by atoms with van der Waals surface area (Å²) < 4.78 is 5.59. The van der Waals surface area contributed by atoms with Crippen molar-refractivity contribution in [3.05, 3.63) is 35.9 Å². The third kappa shape index (κ3) is 7.82. The van der Waals surface area contributed by atoms with Crippen molar-refractivity contribution in [2.75, 3.05) is 20.2 Å². The van der Waals surface area contributed by atoms with Gasteiger partial charge in [-0.25, -0.2) is 4.79 Å². The maximum atomic E-state index is 13.1. The Bertz CT molecular complexity index is 755. The molecule has 0 aromatic heterocycles. The number of hydrogen-bond donors (Lipinski definition) is 3. The molecule has 0 aliphatic carbocycles. The molecule has 4 atom stereocenters. The highest BCUT2D eigenvalue weighted by atomic mass is 16.6. The number of hydrogen-bond acceptors (Lipinski definition) is 5. The number of carbonyl (C=O) groups is 3. The predicted molar refractivity (Wildman–Crippen MR) is 122 cm³/mol. The van der Waals surface area contributed by atoms with E-state index in [-0.39, 0.29) is 36.4 Å². The Hall–Kier alpha value is -2.61. The minimum absolute atomic E-state index is 0.0514. The lowest BCUT2D eigenvalue weighted by Crippen LogP contribution is -2.52. The number of amides is 3. The van der Waals surface area contributed by atoms with Gasteiger partial charge in [0.15, 0.2) is 0 Å². The van der Waals surface area contributed by atoms with Crippen LogP contribution in [0.4, 0.5) is 4.79 Å². The number of benzene rings is 1. The minimum Gasteiger partial charge on any atom is -0.446 e. The summed E-state index contributed by atoms with van der Waals surface area (Å²) in [6, 6.07) is 8.47. The molecule has 1 fully saturated rings. The van der Waals surface area contributed by atoms with E-state index in [4.69, 9.17) is 4.74 Å². The minimum atomic E-state index is -0.738. The molecule has 8 heteroatoms. The second-order valence-electron chi connectivity index (χ2n) is 9.04. The molecule has 1 aromatic rings. The van der Waals surface area contributed by atoms with Gasteiger partial charge in [0.05, 0.1) is 12.6 Å². The molecule has 8 nitrogen and oxygen atoms in total. The van der Waals surface area contributed by atoms with Crippen LogP contribution in [-0.4, -0.2) is 66.3 Å². The molecule has 0 saturated carbocycles. The monoisotopic (exact) mass is 447 g/mol. The topological polar surface area (TPSA) is 108 Å². The van der Waals surface area contributed by atoms with Gasteiger partial charge in [-0.15, -0.1) is 0 Å². The Morgan fingerprint density at radius 1 is 1.25 bits per heavy atom. The highest BCUT2D eigenvalue weighted by Gasteiger charge is 2.33. The maximum Gasteiger partial charge on any atom is 0.410 e. The molecular formula is C24H37N3O5. The molecule has 1 saturated heterocycles. The SMILES string of the molecule is CC(C)CC(C(=O)NC(CO)CC1CCNC1=O)N(C)C(=O)OC(C)Cc1ccccc1. The first-order valence-corrected chi connectivity index (χ1v) is 11.4. The lowest BCUT2D eigenvalue weighted by molar-refractivity contribution is -0.128. The first kappa shape index (κ1) is 25.6. The van der Waals surface area contributed by atoms with Crippen LogP contribution in [0.25, 0.3) is 0 Å². The Morgan fingerprint density at radius 3 is 2.50 bits per heavy atom. The van der Waals surface area contributed by atoms with Crippen LogP contribution in [0, 0.1) is 11.8 Å². The van der Waals surface area contributed by atoms with Crippen molar-refractivity contribution >= 4 is 17.9 Å². The molecular weight excluding hydrogens is 410 g/mol. The summed E-state index contributed by atoms with van der Waals surface area (Å²) in [7, 11) is 1.56. The lowest BCUT2D eigenvalue weighted by Gasteiger charge is -2.30. The van der Waals surface area contributed by atoms with Gasteiger partial charge in [-0.2, -0.15) is 0 Å². The lowest BCUT2D eigenvalue weighted by atomic mass is 9.97. The largest absolute Gasteiger partial charge is 0.446 e. The van der Waals surface area contributed by atoms with Crippen molar-refractivity contribution in [3.63, 3.8) is 0 Å². The molecule has 1 aliphatic heterocycles. The molecule has 0 bridgehead atoms. The molecule has 2 rings (SSSR count). The number of nitrogens with one attached hydrogen (secondary N) is 2. The van der Waals surface area contributed by atoms with Gasteiger partial charge in [-0.05, 0) is 37.7 Å². The number of likely N-dealkylation sites (N-methyl/N-ethyl adjacent to an activating group) is 1. The van der Waals surface area contributed by atoms with Crippen molar-refractivity contribution < 1.29 is 24.2 Å². The van der Waals surface area contributed by atoms with Crippen molar-refractivity contribution in [2.45, 2.75) is 64.6 Å². The average Bonchev–Trinajstić information content (AvgIpc) is 3.15. The summed E-state index contributed by atoms with van der Waals surface area (Å²) in [5.41, 5.74) is 1.06. The van der Waals surface area contributed by atoms with Gasteiger partial charge in [0.1, 0.15) is 12.1 Å². The van der Waals surface area contributed by atoms with Crippen LogP contribution in [0.2, 0.25) is 0 Å². The standard InChI is InChI=1S/C24H37N3O5/c1-16(2)12-21(23(30)26-20(15-28)14-19-10-11-25-22(19)29)27(4)24(31)32-17(3)13-18-8-6-5-7-9-18/h5-9,16-17,19-21,28H,10-15H2,1-4H3,(H,25,29)(H,26,30). The van der Waals surface area contributed by atoms with Gasteiger partial charge in [-0.3, -0.25) is 14.5 Å². The number of carbonyl (C=O) groups excluding carboxylic acids is 3. The average molecular weight is 448 g/mol. The van der Waals surface area contributed by atoms with Gasteiger partial charge in [0, 0.05) is 25.9 Å². The summed E-state index contributed by atoms with van der Waals surface area (Å²) in [6.45, 7) is 6.12. The highest BCUT2D eigenvalue weighted by molar-refractivity contribution is 5.86. The van der Waals surface area contributed by atoms with E-state index in [9.17, 15) is 19.5 Å². The fourth-order valence-electron chi connectivity index (χ4n) is 3.95. The van der Waals surface area contributed by atoms with Gasteiger partial charge in [-0.1, -0.05) is 44.2 Å². The van der Waals surface area contributed by atoms with E-state index in [1.54, 1.807) is 7.05 Å². The summed E-state index contributed by atoms with van der Waals surface area (Å²) in [5, 5.41) is 15.3. The van der Waals surface area contributed by atoms with Gasteiger partial charge < -0.3 is 20.5 Å². The third-order valence-electron chi connectivity index (χ3n) is 5.72. The van der Waals surface area contributed by atoms with Crippen LogP contribution in [0.1, 0.15) is 45.6 Å². The van der Waals surface area contributed by atoms with Crippen molar-refractivity contribution in [2.24, 2.45) is 11.8 Å². The Labute approximate surface area is 190 Å². The number of nitrogens with zero attached hydrogens (tertiary/aromatic N) is 1. The molecule has 3 N–H and O–H groups in total. The zero-order chi connectivity index (χ0) is 23.7. The first-order chi connectivity index (χ1) is 15.2. The van der Waals surface area contributed by atoms with E-state index >= 15 is 0 Å². The smallest absolute Gasteiger partial charge is 0.410 e. The van der Waals surface area contributed by atoms with E-state index in [0.717, 1.165) is 5.56 Å². The first-order valence-electron chi connectivity index (χ1n) is 11.4. The summed E-state index contributed by atoms with van der Waals surface area (Å²) in [5.74, 6) is -0.468. The molecule has 3 amide bonds. The zero-order valence-corrected chi connectivity index (χ0v) is 19.5. The fourth-order valence-corrected chi connectivity index (χ4v) is 3.95. The normalized spacial score (nSPS) is 18.6. The molecule has 4 unspecified atom stereocenters. The summed E-state index contributed by atoms with van der Waals surface area (Å²) in [6.07, 6.45) is 1.17. The predicted octanol–water partition coefficient (Wildman–Crippen LogP) is 2.10. The van der Waals surface area contributed by atoms with Crippen LogP contribution in [0.3, 0.4) is 0 Å². The van der Waals surface area contributed by atoms with Crippen LogP contribution in [0.5, 0.6) is 0 Å². The molecule has 32 heavy (non-hydrogen) atoms. The fraction of sp³-hybridized carbons (Fsp3) is 0.625.